The van der Waals surface area contributed by atoms with Crippen molar-refractivity contribution in [3.8, 4) is 0 Å². The smallest absolute Gasteiger partial charge is 0.326 e. The van der Waals surface area contributed by atoms with Crippen LogP contribution in [0, 0.1) is 13.8 Å². The molecule has 1 amide bonds. The van der Waals surface area contributed by atoms with Crippen LogP contribution in [0.3, 0.4) is 0 Å². The van der Waals surface area contributed by atoms with Gasteiger partial charge in [-0.25, -0.2) is 4.98 Å². The van der Waals surface area contributed by atoms with Gasteiger partial charge in [-0.1, -0.05) is 29.8 Å². The summed E-state index contributed by atoms with van der Waals surface area (Å²) in [5, 5.41) is 2.98. The molecule has 1 N–H and O–H groups in total. The molecule has 3 aromatic rings. The van der Waals surface area contributed by atoms with E-state index in [9.17, 15) is 9.59 Å². The Morgan fingerprint density at radius 1 is 1.13 bits per heavy atom. The van der Waals surface area contributed by atoms with Crippen LogP contribution in [-0.4, -0.2) is 34.1 Å². The van der Waals surface area contributed by atoms with E-state index in [0.717, 1.165) is 34.4 Å². The van der Waals surface area contributed by atoms with Crippen molar-refractivity contribution in [2.24, 2.45) is 0 Å². The van der Waals surface area contributed by atoms with Crippen LogP contribution < -0.4 is 5.32 Å². The summed E-state index contributed by atoms with van der Waals surface area (Å²) in [6, 6.07) is 13.6. The summed E-state index contributed by atoms with van der Waals surface area (Å²) in [6.45, 7) is 8.29. The third-order valence-electron chi connectivity index (χ3n) is 4.88. The van der Waals surface area contributed by atoms with Crippen LogP contribution in [0.2, 0.25) is 0 Å². The Bertz CT molecular complexity index is 1050. The van der Waals surface area contributed by atoms with E-state index in [1.807, 2.05) is 74.7 Å². The first-order valence-electron chi connectivity index (χ1n) is 10.3. The van der Waals surface area contributed by atoms with Crippen LogP contribution in [0.1, 0.15) is 47.6 Å². The lowest BCUT2D eigenvalue weighted by Crippen LogP contribution is -2.26. The van der Waals surface area contributed by atoms with Gasteiger partial charge in [0, 0.05) is 18.5 Å². The molecule has 0 aliphatic rings. The normalized spacial score (nSPS) is 11.1. The van der Waals surface area contributed by atoms with Crippen molar-refractivity contribution in [1.29, 1.82) is 0 Å². The molecule has 3 rings (SSSR count). The first-order chi connectivity index (χ1) is 14.3. The molecule has 0 fully saturated rings. The van der Waals surface area contributed by atoms with Gasteiger partial charge in [0.05, 0.1) is 17.1 Å². The fraction of sp³-hybridized carbons (Fsp3) is 0.375. The average molecular weight is 408 g/mol. The summed E-state index contributed by atoms with van der Waals surface area (Å²) in [5.74, 6) is 0.469. The quantitative estimate of drug-likeness (QED) is 0.453. The minimum absolute atomic E-state index is 0.0680. The maximum atomic E-state index is 12.5. The number of rotatable bonds is 8. The van der Waals surface area contributed by atoms with E-state index >= 15 is 0 Å². The Labute approximate surface area is 177 Å². The second-order valence-electron chi connectivity index (χ2n) is 7.82. The molecule has 6 heteroatoms. The largest absolute Gasteiger partial charge is 0.462 e. The molecule has 0 atom stereocenters. The maximum absolute atomic E-state index is 12.5. The molecule has 1 heterocycles. The number of hydrogen-bond donors (Lipinski definition) is 1. The standard InChI is InChI=1S/C24H29N3O3/c1-16(2)30-23(28)15-27-21-9-6-5-8-20(21)26-22(27)10-7-13-25-24(29)19-12-11-17(3)14-18(19)4/h5-6,8-9,11-12,14,16H,7,10,13,15H2,1-4H3,(H,25,29). The second-order valence-corrected chi connectivity index (χ2v) is 7.82. The third-order valence-corrected chi connectivity index (χ3v) is 4.88. The van der Waals surface area contributed by atoms with Gasteiger partial charge >= 0.3 is 5.97 Å². The van der Waals surface area contributed by atoms with Crippen molar-refractivity contribution >= 4 is 22.9 Å². The number of benzene rings is 2. The Morgan fingerprint density at radius 2 is 1.90 bits per heavy atom. The fourth-order valence-corrected chi connectivity index (χ4v) is 3.53. The highest BCUT2D eigenvalue weighted by atomic mass is 16.5. The molecule has 0 aliphatic carbocycles. The van der Waals surface area contributed by atoms with Gasteiger partial charge in [0.25, 0.3) is 5.91 Å². The van der Waals surface area contributed by atoms with Gasteiger partial charge in [0.2, 0.25) is 0 Å². The minimum Gasteiger partial charge on any atom is -0.462 e. The summed E-state index contributed by atoms with van der Waals surface area (Å²) in [4.78, 5) is 29.4. The van der Waals surface area contributed by atoms with Crippen molar-refractivity contribution in [1.82, 2.24) is 14.9 Å². The number of para-hydroxylation sites is 2. The number of hydrogen-bond acceptors (Lipinski definition) is 4. The maximum Gasteiger partial charge on any atom is 0.326 e. The van der Waals surface area contributed by atoms with Gasteiger partial charge in [0.15, 0.2) is 0 Å². The summed E-state index contributed by atoms with van der Waals surface area (Å²) in [6.07, 6.45) is 1.21. The zero-order valence-electron chi connectivity index (χ0n) is 18.1. The van der Waals surface area contributed by atoms with Crippen molar-refractivity contribution in [2.75, 3.05) is 6.54 Å². The first kappa shape index (κ1) is 21.6. The van der Waals surface area contributed by atoms with E-state index in [1.165, 1.54) is 0 Å². The molecule has 30 heavy (non-hydrogen) atoms. The number of imidazole rings is 1. The van der Waals surface area contributed by atoms with Crippen LogP contribution in [0.25, 0.3) is 11.0 Å². The van der Waals surface area contributed by atoms with Gasteiger partial charge in [-0.05, 0) is 57.9 Å². The number of aromatic nitrogens is 2. The van der Waals surface area contributed by atoms with Crippen molar-refractivity contribution in [3.05, 3.63) is 65.0 Å². The van der Waals surface area contributed by atoms with Crippen molar-refractivity contribution in [3.63, 3.8) is 0 Å². The zero-order valence-corrected chi connectivity index (χ0v) is 18.1. The summed E-state index contributed by atoms with van der Waals surface area (Å²) < 4.78 is 7.22. The van der Waals surface area contributed by atoms with Crippen LogP contribution >= 0.6 is 0 Å². The predicted octanol–water partition coefficient (Wildman–Crippen LogP) is 3.97. The van der Waals surface area contributed by atoms with Gasteiger partial charge in [0.1, 0.15) is 12.4 Å². The molecule has 0 saturated carbocycles. The second kappa shape index (κ2) is 9.57. The number of nitrogens with one attached hydrogen (secondary N) is 1. The molecule has 0 aliphatic heterocycles. The van der Waals surface area contributed by atoms with E-state index in [-0.39, 0.29) is 24.5 Å². The number of esters is 1. The minimum atomic E-state index is -0.280. The Morgan fingerprint density at radius 3 is 2.63 bits per heavy atom. The highest BCUT2D eigenvalue weighted by molar-refractivity contribution is 5.95. The van der Waals surface area contributed by atoms with Crippen LogP contribution in [0.5, 0.6) is 0 Å². The molecular formula is C24H29N3O3. The molecule has 2 aromatic carbocycles. The lowest BCUT2D eigenvalue weighted by atomic mass is 10.1. The lowest BCUT2D eigenvalue weighted by Gasteiger charge is -2.12. The molecular weight excluding hydrogens is 378 g/mol. The van der Waals surface area contributed by atoms with E-state index in [4.69, 9.17) is 4.74 Å². The number of nitrogens with zero attached hydrogens (tertiary/aromatic N) is 2. The van der Waals surface area contributed by atoms with Crippen molar-refractivity contribution < 1.29 is 14.3 Å². The molecule has 0 spiro atoms. The Balaban J connectivity index is 1.64. The Hall–Kier alpha value is -3.15. The number of aryl methyl sites for hydroxylation is 3. The van der Waals surface area contributed by atoms with Gasteiger partial charge in [-0.2, -0.15) is 0 Å². The molecule has 0 saturated heterocycles. The average Bonchev–Trinajstić information content (AvgIpc) is 3.02. The number of amides is 1. The van der Waals surface area contributed by atoms with Crippen LogP contribution in [0.4, 0.5) is 0 Å². The fourth-order valence-electron chi connectivity index (χ4n) is 3.53. The molecule has 1 aromatic heterocycles. The van der Waals surface area contributed by atoms with E-state index < -0.39 is 0 Å². The molecule has 158 valence electrons. The zero-order chi connectivity index (χ0) is 21.7. The van der Waals surface area contributed by atoms with Gasteiger partial charge in [-0.15, -0.1) is 0 Å². The topological polar surface area (TPSA) is 73.2 Å². The SMILES string of the molecule is Cc1ccc(C(=O)NCCCc2nc3ccccc3n2CC(=O)OC(C)C)c(C)c1. The highest BCUT2D eigenvalue weighted by Gasteiger charge is 2.15. The number of carbonyl (C=O) groups excluding carboxylic acids is 2. The molecule has 0 bridgehead atoms. The van der Waals surface area contributed by atoms with Gasteiger partial charge < -0.3 is 14.6 Å². The molecule has 0 radical (unpaired) electrons. The Kier molecular flexibility index (Phi) is 6.87. The van der Waals surface area contributed by atoms with E-state index in [2.05, 4.69) is 10.3 Å². The van der Waals surface area contributed by atoms with Crippen LogP contribution in [-0.2, 0) is 22.5 Å². The lowest BCUT2D eigenvalue weighted by molar-refractivity contribution is -0.148. The summed E-state index contributed by atoms with van der Waals surface area (Å²) in [5.41, 5.74) is 4.57. The number of ether oxygens (including phenoxy) is 1. The summed E-state index contributed by atoms with van der Waals surface area (Å²) in [7, 11) is 0. The third kappa shape index (κ3) is 5.26. The summed E-state index contributed by atoms with van der Waals surface area (Å²) >= 11 is 0. The number of carbonyl (C=O) groups is 2. The predicted molar refractivity (Wildman–Crippen MR) is 118 cm³/mol. The molecule has 0 unspecified atom stereocenters. The number of fused-ring (bicyclic) bond motifs is 1. The first-order valence-corrected chi connectivity index (χ1v) is 10.3. The van der Waals surface area contributed by atoms with Gasteiger partial charge in [-0.3, -0.25) is 9.59 Å². The van der Waals surface area contributed by atoms with Crippen molar-refractivity contribution in [2.45, 2.75) is 53.2 Å². The van der Waals surface area contributed by atoms with Crippen LogP contribution in [0.15, 0.2) is 42.5 Å². The molecule has 6 nitrogen and oxygen atoms in total. The van der Waals surface area contributed by atoms with E-state index in [1.54, 1.807) is 0 Å². The highest BCUT2D eigenvalue weighted by Crippen LogP contribution is 2.17. The van der Waals surface area contributed by atoms with E-state index in [0.29, 0.717) is 18.5 Å². The monoisotopic (exact) mass is 407 g/mol.